The molecule has 1 heterocycles. The zero-order valence-electron chi connectivity index (χ0n) is 10.9. The molecule has 0 bridgehead atoms. The lowest BCUT2D eigenvalue weighted by atomic mass is 10.1. The number of benzene rings is 2. The van der Waals surface area contributed by atoms with Gasteiger partial charge in [0.25, 0.3) is 5.69 Å². The molecule has 0 aliphatic carbocycles. The summed E-state index contributed by atoms with van der Waals surface area (Å²) in [7, 11) is 0. The Labute approximate surface area is 124 Å². The first-order chi connectivity index (χ1) is 10.1. The predicted molar refractivity (Wildman–Crippen MR) is 80.8 cm³/mol. The number of Topliss-reactive ketones (excluding diaryl/α,β-unsaturated/α-hetero) is 1. The average molecular weight is 298 g/mol. The van der Waals surface area contributed by atoms with Gasteiger partial charge in [0.15, 0.2) is 10.8 Å². The number of thiazole rings is 1. The summed E-state index contributed by atoms with van der Waals surface area (Å²) < 4.78 is 0.958. The van der Waals surface area contributed by atoms with Crippen LogP contribution in [0.5, 0.6) is 0 Å². The van der Waals surface area contributed by atoms with Crippen molar-refractivity contribution in [3.05, 3.63) is 69.2 Å². The Morgan fingerprint density at radius 1 is 1.19 bits per heavy atom. The number of hydrogen-bond acceptors (Lipinski definition) is 5. The van der Waals surface area contributed by atoms with E-state index in [4.69, 9.17) is 0 Å². The quantitative estimate of drug-likeness (QED) is 0.419. The van der Waals surface area contributed by atoms with Crippen LogP contribution in [0.4, 0.5) is 5.69 Å². The van der Waals surface area contributed by atoms with Crippen molar-refractivity contribution in [2.75, 3.05) is 0 Å². The molecule has 0 aliphatic heterocycles. The first-order valence-electron chi connectivity index (χ1n) is 6.25. The predicted octanol–water partition coefficient (Wildman–Crippen LogP) is 3.63. The number of nitro groups is 1. The highest BCUT2D eigenvalue weighted by Crippen LogP contribution is 2.23. The van der Waals surface area contributed by atoms with Gasteiger partial charge in [-0.25, -0.2) is 4.98 Å². The van der Waals surface area contributed by atoms with Crippen LogP contribution in [0.1, 0.15) is 15.4 Å². The maximum Gasteiger partial charge on any atom is 0.269 e. The molecular formula is C15H10N2O3S. The Kier molecular flexibility index (Phi) is 3.45. The minimum absolute atomic E-state index is 0.00963. The molecule has 0 saturated carbocycles. The van der Waals surface area contributed by atoms with Crippen LogP contribution in [-0.2, 0) is 6.42 Å². The van der Waals surface area contributed by atoms with Crippen LogP contribution in [0.2, 0.25) is 0 Å². The number of fused-ring (bicyclic) bond motifs is 1. The molecule has 21 heavy (non-hydrogen) atoms. The summed E-state index contributed by atoms with van der Waals surface area (Å²) in [5, 5.41) is 11.2. The molecule has 0 saturated heterocycles. The third-order valence-corrected chi connectivity index (χ3v) is 4.10. The highest BCUT2D eigenvalue weighted by atomic mass is 32.1. The summed E-state index contributed by atoms with van der Waals surface area (Å²) in [5.41, 5.74) is 1.41. The van der Waals surface area contributed by atoms with E-state index in [2.05, 4.69) is 4.98 Å². The number of hydrogen-bond donors (Lipinski definition) is 0. The number of ketones is 1. The summed E-state index contributed by atoms with van der Waals surface area (Å²) in [6, 6.07) is 13.7. The summed E-state index contributed by atoms with van der Waals surface area (Å²) in [6.07, 6.45) is 0.113. The lowest BCUT2D eigenvalue weighted by Crippen LogP contribution is -2.03. The molecule has 1 aromatic heterocycles. The Morgan fingerprint density at radius 2 is 2.00 bits per heavy atom. The molecular weight excluding hydrogens is 288 g/mol. The average Bonchev–Trinajstić information content (AvgIpc) is 2.91. The number of carbonyl (C=O) groups excluding carboxylic acids is 1. The second-order valence-electron chi connectivity index (χ2n) is 4.51. The fourth-order valence-electron chi connectivity index (χ4n) is 2.03. The fraction of sp³-hybridized carbons (Fsp3) is 0.0667. The number of non-ortho nitro benzene ring substituents is 1. The van der Waals surface area contributed by atoms with Gasteiger partial charge in [-0.3, -0.25) is 14.9 Å². The molecule has 6 heteroatoms. The third kappa shape index (κ3) is 2.80. The van der Waals surface area contributed by atoms with Crippen molar-refractivity contribution in [1.29, 1.82) is 0 Å². The number of carbonyl (C=O) groups is 1. The van der Waals surface area contributed by atoms with Crippen LogP contribution in [0.25, 0.3) is 10.2 Å². The summed E-state index contributed by atoms with van der Waals surface area (Å²) in [5.74, 6) is -0.128. The van der Waals surface area contributed by atoms with E-state index in [1.165, 1.54) is 23.5 Å². The molecule has 104 valence electrons. The van der Waals surface area contributed by atoms with E-state index in [0.717, 1.165) is 10.2 Å². The number of nitrogens with zero attached hydrogens (tertiary/aromatic N) is 2. The summed E-state index contributed by atoms with van der Waals surface area (Å²) >= 11 is 1.34. The van der Waals surface area contributed by atoms with Crippen molar-refractivity contribution in [3.63, 3.8) is 0 Å². The highest BCUT2D eigenvalue weighted by molar-refractivity contribution is 7.20. The van der Waals surface area contributed by atoms with Gasteiger partial charge in [-0.15, -0.1) is 11.3 Å². The van der Waals surface area contributed by atoms with Crippen molar-refractivity contribution in [2.45, 2.75) is 6.42 Å². The molecule has 0 unspecified atom stereocenters. The van der Waals surface area contributed by atoms with Gasteiger partial charge in [0, 0.05) is 18.6 Å². The van der Waals surface area contributed by atoms with Gasteiger partial charge in [-0.2, -0.15) is 0 Å². The first kappa shape index (κ1) is 13.4. The molecule has 0 N–H and O–H groups in total. The van der Waals surface area contributed by atoms with E-state index in [1.807, 2.05) is 24.3 Å². The van der Waals surface area contributed by atoms with Gasteiger partial charge >= 0.3 is 0 Å². The van der Waals surface area contributed by atoms with E-state index < -0.39 is 4.92 Å². The molecule has 0 amide bonds. The van der Waals surface area contributed by atoms with E-state index in [9.17, 15) is 14.9 Å². The monoisotopic (exact) mass is 298 g/mol. The normalized spacial score (nSPS) is 10.7. The van der Waals surface area contributed by atoms with Gasteiger partial charge in [0.1, 0.15) is 0 Å². The van der Waals surface area contributed by atoms with Crippen LogP contribution >= 0.6 is 11.3 Å². The molecule has 5 nitrogen and oxygen atoms in total. The van der Waals surface area contributed by atoms with E-state index in [0.29, 0.717) is 10.6 Å². The molecule has 3 rings (SSSR count). The topological polar surface area (TPSA) is 73.1 Å². The van der Waals surface area contributed by atoms with Crippen molar-refractivity contribution in [3.8, 4) is 0 Å². The van der Waals surface area contributed by atoms with Gasteiger partial charge < -0.3 is 0 Å². The van der Waals surface area contributed by atoms with Crippen molar-refractivity contribution >= 4 is 33.0 Å². The molecule has 2 aromatic carbocycles. The Morgan fingerprint density at radius 3 is 2.76 bits per heavy atom. The summed E-state index contributed by atoms with van der Waals surface area (Å²) in [6.45, 7) is 0. The zero-order chi connectivity index (χ0) is 14.8. The van der Waals surface area contributed by atoms with Crippen molar-refractivity contribution in [1.82, 2.24) is 4.98 Å². The second-order valence-corrected chi connectivity index (χ2v) is 5.54. The second kappa shape index (κ2) is 5.41. The summed E-state index contributed by atoms with van der Waals surface area (Å²) in [4.78, 5) is 26.8. The number of aromatic nitrogens is 1. The van der Waals surface area contributed by atoms with E-state index >= 15 is 0 Å². The maximum absolute atomic E-state index is 12.2. The highest BCUT2D eigenvalue weighted by Gasteiger charge is 2.14. The zero-order valence-corrected chi connectivity index (χ0v) is 11.7. The van der Waals surface area contributed by atoms with Gasteiger partial charge in [0.05, 0.1) is 15.1 Å². The minimum atomic E-state index is -0.467. The number of rotatable bonds is 4. The Bertz CT molecular complexity index is 809. The van der Waals surface area contributed by atoms with Crippen LogP contribution in [-0.4, -0.2) is 15.7 Å². The Hall–Kier alpha value is -2.60. The standard InChI is InChI=1S/C15H10N2O3S/c18-13(9-10-4-3-5-11(8-10)17(19)20)15-16-12-6-1-2-7-14(12)21-15/h1-8H,9H2. The van der Waals surface area contributed by atoms with Gasteiger partial charge in [-0.1, -0.05) is 24.3 Å². The Balaban J connectivity index is 1.85. The van der Waals surface area contributed by atoms with Gasteiger partial charge in [-0.05, 0) is 17.7 Å². The lowest BCUT2D eigenvalue weighted by Gasteiger charge is -1.98. The molecule has 0 atom stereocenters. The first-order valence-corrected chi connectivity index (χ1v) is 7.07. The van der Waals surface area contributed by atoms with Crippen LogP contribution in [0, 0.1) is 10.1 Å². The number of para-hydroxylation sites is 1. The van der Waals surface area contributed by atoms with Crippen LogP contribution in [0.15, 0.2) is 48.5 Å². The lowest BCUT2D eigenvalue weighted by molar-refractivity contribution is -0.384. The SMILES string of the molecule is O=C(Cc1cccc([N+](=O)[O-])c1)c1nc2ccccc2s1. The van der Waals surface area contributed by atoms with Crippen LogP contribution in [0.3, 0.4) is 0 Å². The molecule has 0 aliphatic rings. The van der Waals surface area contributed by atoms with Crippen molar-refractivity contribution in [2.24, 2.45) is 0 Å². The number of nitro benzene ring substituents is 1. The van der Waals surface area contributed by atoms with Crippen molar-refractivity contribution < 1.29 is 9.72 Å². The smallest absolute Gasteiger partial charge is 0.269 e. The largest absolute Gasteiger partial charge is 0.291 e. The van der Waals surface area contributed by atoms with E-state index in [-0.39, 0.29) is 17.9 Å². The van der Waals surface area contributed by atoms with Crippen LogP contribution < -0.4 is 0 Å². The minimum Gasteiger partial charge on any atom is -0.291 e. The molecule has 0 spiro atoms. The maximum atomic E-state index is 12.2. The molecule has 0 fully saturated rings. The molecule has 0 radical (unpaired) electrons. The third-order valence-electron chi connectivity index (χ3n) is 3.02. The van der Waals surface area contributed by atoms with Gasteiger partial charge in [0.2, 0.25) is 0 Å². The molecule has 3 aromatic rings. The van der Waals surface area contributed by atoms with E-state index in [1.54, 1.807) is 12.1 Å². The fourth-order valence-corrected chi connectivity index (χ4v) is 2.94.